The molecule has 1 aliphatic rings. The highest BCUT2D eigenvalue weighted by Crippen LogP contribution is 2.28. The minimum atomic E-state index is -0.699. The lowest BCUT2D eigenvalue weighted by Crippen LogP contribution is -2.44. The summed E-state index contributed by atoms with van der Waals surface area (Å²) in [6.45, 7) is 0.386. The highest BCUT2D eigenvalue weighted by molar-refractivity contribution is 7.81. The van der Waals surface area contributed by atoms with E-state index in [2.05, 4.69) is 10.3 Å². The van der Waals surface area contributed by atoms with Gasteiger partial charge in [0, 0.05) is 25.7 Å². The van der Waals surface area contributed by atoms with Crippen LogP contribution in [0.4, 0.5) is 15.8 Å². The molecule has 0 atom stereocenters. The van der Waals surface area contributed by atoms with Gasteiger partial charge in [0.05, 0.1) is 22.5 Å². The predicted octanol–water partition coefficient (Wildman–Crippen LogP) is 3.02. The molecule has 0 bridgehead atoms. The van der Waals surface area contributed by atoms with Crippen LogP contribution in [0.3, 0.4) is 0 Å². The summed E-state index contributed by atoms with van der Waals surface area (Å²) in [5, 5.41) is 11.6. The van der Waals surface area contributed by atoms with E-state index in [1.54, 1.807) is 11.0 Å². The van der Waals surface area contributed by atoms with Crippen molar-refractivity contribution >= 4 is 52.1 Å². The van der Waals surface area contributed by atoms with Crippen molar-refractivity contribution in [3.63, 3.8) is 0 Å². The normalized spacial score (nSPS) is 14.4. The zero-order valence-electron chi connectivity index (χ0n) is 15.3. The summed E-state index contributed by atoms with van der Waals surface area (Å²) in [7, 11) is 1.42. The third-order valence-corrected chi connectivity index (χ3v) is 5.06. The van der Waals surface area contributed by atoms with E-state index in [4.69, 9.17) is 29.1 Å². The van der Waals surface area contributed by atoms with E-state index < -0.39 is 11.7 Å². The molecule has 1 aromatic carbocycles. The average molecular weight is 432 g/mol. The smallest absolute Gasteiger partial charge is 0.253 e. The number of benzene rings is 1. The topological polar surface area (TPSA) is 89.3 Å². The summed E-state index contributed by atoms with van der Waals surface area (Å²) in [4.78, 5) is 31.2. The molecule has 0 spiro atoms. The molecule has 2 aromatic rings. The standard InChI is InChI=1S/C19H15ClFN5O2S/c1-23-18(28)13-5-4-11(8-15(13)21)25-6-2-3-17(27)26(19(25)29)12-7-14(20)16(9-22)24-10-12/h4-5,7-8,10H,2-3,6H2,1H3,(H,23,28). The third-order valence-electron chi connectivity index (χ3n) is 4.37. The van der Waals surface area contributed by atoms with Gasteiger partial charge in [0.1, 0.15) is 11.9 Å². The monoisotopic (exact) mass is 431 g/mol. The Labute approximate surface area is 176 Å². The number of aromatic nitrogens is 1. The molecule has 148 valence electrons. The van der Waals surface area contributed by atoms with Gasteiger partial charge in [-0.15, -0.1) is 0 Å². The minimum absolute atomic E-state index is 0.0346. The summed E-state index contributed by atoms with van der Waals surface area (Å²) in [6.07, 6.45) is 2.05. The average Bonchev–Trinajstić information content (AvgIpc) is 2.85. The fourth-order valence-electron chi connectivity index (χ4n) is 2.94. The largest absolute Gasteiger partial charge is 0.355 e. The Morgan fingerprint density at radius 3 is 2.76 bits per heavy atom. The molecule has 7 nitrogen and oxygen atoms in total. The van der Waals surface area contributed by atoms with Crippen LogP contribution in [0.15, 0.2) is 30.5 Å². The number of halogens is 2. The molecule has 29 heavy (non-hydrogen) atoms. The summed E-state index contributed by atoms with van der Waals surface area (Å²) in [5.74, 6) is -1.50. The van der Waals surface area contributed by atoms with E-state index in [1.807, 2.05) is 6.07 Å². The van der Waals surface area contributed by atoms with Crippen LogP contribution in [0.2, 0.25) is 5.02 Å². The number of thiocarbonyl (C=S) groups is 1. The van der Waals surface area contributed by atoms with Gasteiger partial charge in [0.15, 0.2) is 10.8 Å². The van der Waals surface area contributed by atoms with Gasteiger partial charge < -0.3 is 10.2 Å². The summed E-state index contributed by atoms with van der Waals surface area (Å²) in [5.41, 5.74) is 0.672. The molecule has 0 radical (unpaired) electrons. The van der Waals surface area contributed by atoms with E-state index in [0.29, 0.717) is 24.3 Å². The molecule has 2 heterocycles. The number of hydrogen-bond acceptors (Lipinski definition) is 5. The first-order chi connectivity index (χ1) is 13.9. The van der Waals surface area contributed by atoms with Crippen molar-refractivity contribution in [3.8, 4) is 6.07 Å². The Morgan fingerprint density at radius 1 is 1.38 bits per heavy atom. The van der Waals surface area contributed by atoms with Gasteiger partial charge >= 0.3 is 0 Å². The number of nitrogens with zero attached hydrogens (tertiary/aromatic N) is 4. The molecule has 0 saturated carbocycles. The Kier molecular flexibility index (Phi) is 6.06. The first-order valence-electron chi connectivity index (χ1n) is 8.59. The molecule has 0 unspecified atom stereocenters. The lowest BCUT2D eigenvalue weighted by molar-refractivity contribution is -0.117. The minimum Gasteiger partial charge on any atom is -0.355 e. The van der Waals surface area contributed by atoms with Crippen LogP contribution in [0.25, 0.3) is 0 Å². The Hall–Kier alpha value is -3.09. The maximum Gasteiger partial charge on any atom is 0.253 e. The van der Waals surface area contributed by atoms with Crippen LogP contribution >= 0.6 is 23.8 Å². The number of carbonyl (C=O) groups is 2. The number of nitriles is 1. The molecule has 10 heteroatoms. The van der Waals surface area contributed by atoms with Gasteiger partial charge in [0.2, 0.25) is 5.91 Å². The Bertz CT molecular complexity index is 1060. The second-order valence-electron chi connectivity index (χ2n) is 6.15. The highest BCUT2D eigenvalue weighted by atomic mass is 35.5. The van der Waals surface area contributed by atoms with Crippen molar-refractivity contribution in [3.05, 3.63) is 52.6 Å². The number of pyridine rings is 1. The molecule has 1 saturated heterocycles. The molecule has 0 aliphatic carbocycles. The number of amides is 2. The molecule has 2 amide bonds. The van der Waals surface area contributed by atoms with Crippen LogP contribution in [-0.2, 0) is 4.79 Å². The van der Waals surface area contributed by atoms with Gasteiger partial charge in [-0.1, -0.05) is 11.6 Å². The van der Waals surface area contributed by atoms with Gasteiger partial charge in [-0.05, 0) is 42.9 Å². The van der Waals surface area contributed by atoms with E-state index in [1.165, 1.54) is 36.3 Å². The fourth-order valence-corrected chi connectivity index (χ4v) is 3.55. The van der Waals surface area contributed by atoms with Crippen molar-refractivity contribution in [1.82, 2.24) is 10.3 Å². The predicted molar refractivity (Wildman–Crippen MR) is 110 cm³/mol. The molecular weight excluding hydrogens is 417 g/mol. The lowest BCUT2D eigenvalue weighted by atomic mass is 10.1. The van der Waals surface area contributed by atoms with Gasteiger partial charge in [0.25, 0.3) is 5.91 Å². The molecular formula is C19H15ClFN5O2S. The van der Waals surface area contributed by atoms with Crippen LogP contribution in [0.1, 0.15) is 28.9 Å². The van der Waals surface area contributed by atoms with Gasteiger partial charge in [-0.3, -0.25) is 14.5 Å². The van der Waals surface area contributed by atoms with Crippen molar-refractivity contribution in [2.75, 3.05) is 23.4 Å². The van der Waals surface area contributed by atoms with E-state index in [-0.39, 0.29) is 33.7 Å². The molecule has 3 rings (SSSR count). The second-order valence-corrected chi connectivity index (χ2v) is 6.92. The summed E-state index contributed by atoms with van der Waals surface area (Å²) in [6, 6.07) is 7.43. The van der Waals surface area contributed by atoms with Gasteiger partial charge in [-0.2, -0.15) is 5.26 Å². The first-order valence-corrected chi connectivity index (χ1v) is 9.37. The second kappa shape index (κ2) is 8.51. The number of rotatable bonds is 3. The maximum absolute atomic E-state index is 14.4. The number of nitrogens with one attached hydrogen (secondary N) is 1. The first kappa shape index (κ1) is 20.6. The van der Waals surface area contributed by atoms with Crippen molar-refractivity contribution in [2.45, 2.75) is 12.8 Å². The third kappa shape index (κ3) is 4.04. The summed E-state index contributed by atoms with van der Waals surface area (Å²) < 4.78 is 14.4. The maximum atomic E-state index is 14.4. The van der Waals surface area contributed by atoms with E-state index in [9.17, 15) is 14.0 Å². The number of hydrogen-bond donors (Lipinski definition) is 1. The van der Waals surface area contributed by atoms with Gasteiger partial charge in [-0.25, -0.2) is 9.37 Å². The number of anilines is 2. The van der Waals surface area contributed by atoms with Crippen molar-refractivity contribution in [2.24, 2.45) is 0 Å². The zero-order chi connectivity index (χ0) is 21.1. The quantitative estimate of drug-likeness (QED) is 0.751. The highest BCUT2D eigenvalue weighted by Gasteiger charge is 2.30. The van der Waals surface area contributed by atoms with Crippen molar-refractivity contribution < 1.29 is 14.0 Å². The molecule has 1 fully saturated rings. The molecule has 1 aromatic heterocycles. The number of carbonyl (C=O) groups excluding carboxylic acids is 2. The van der Waals surface area contributed by atoms with Crippen LogP contribution in [0, 0.1) is 17.1 Å². The van der Waals surface area contributed by atoms with E-state index >= 15 is 0 Å². The summed E-state index contributed by atoms with van der Waals surface area (Å²) >= 11 is 11.6. The van der Waals surface area contributed by atoms with Crippen LogP contribution < -0.4 is 15.1 Å². The van der Waals surface area contributed by atoms with Crippen LogP contribution in [-0.4, -0.2) is 35.5 Å². The van der Waals surface area contributed by atoms with E-state index in [0.717, 1.165) is 0 Å². The molecule has 1 aliphatic heterocycles. The van der Waals surface area contributed by atoms with Crippen molar-refractivity contribution in [1.29, 1.82) is 5.26 Å². The van der Waals surface area contributed by atoms with Crippen LogP contribution in [0.5, 0.6) is 0 Å². The lowest BCUT2D eigenvalue weighted by Gasteiger charge is -2.29. The molecule has 1 N–H and O–H groups in total. The Morgan fingerprint density at radius 2 is 2.14 bits per heavy atom. The fraction of sp³-hybridized carbons (Fsp3) is 0.211. The Balaban J connectivity index is 1.99. The zero-order valence-corrected chi connectivity index (χ0v) is 16.9. The SMILES string of the molecule is CNC(=O)c1ccc(N2CCCC(=O)N(c3cnc(C#N)c(Cl)c3)C2=S)cc1F.